The summed E-state index contributed by atoms with van der Waals surface area (Å²) in [6.07, 6.45) is 5.84. The fourth-order valence-electron chi connectivity index (χ4n) is 6.51. The van der Waals surface area contributed by atoms with Gasteiger partial charge in [-0.3, -0.25) is 4.79 Å². The highest BCUT2D eigenvalue weighted by molar-refractivity contribution is 6.42. The molecule has 3 unspecified atom stereocenters. The fraction of sp³-hybridized carbons (Fsp3) is 0.552. The van der Waals surface area contributed by atoms with Gasteiger partial charge in [0.1, 0.15) is 5.75 Å². The molecule has 2 aliphatic carbocycles. The molecule has 3 fully saturated rings. The molecule has 194 valence electrons. The van der Waals surface area contributed by atoms with Crippen molar-refractivity contribution in [2.24, 2.45) is 11.8 Å². The summed E-state index contributed by atoms with van der Waals surface area (Å²) >= 11 is 12.2. The molecule has 1 amide bonds. The normalized spacial score (nSPS) is 28.4. The largest absolute Gasteiger partial charge is 0.497 e. The van der Waals surface area contributed by atoms with Crippen molar-refractivity contribution in [2.45, 2.75) is 56.1 Å². The zero-order chi connectivity index (χ0) is 25.3. The van der Waals surface area contributed by atoms with E-state index in [1.54, 1.807) is 19.2 Å². The Kier molecular flexibility index (Phi) is 7.83. The maximum absolute atomic E-state index is 13.1. The standard InChI is InChI=1S/C29H36Cl2N2O3/c1-35-23-5-3-4-21(14-23)29-10-11-33(17-19-6-7-19)18-24(29)27(36-2)15-22(16-29)32-28(34)13-20-8-9-25(30)26(31)12-20/h3-5,8-9,12,14,19,22,24,27H,6-7,10-11,13,15-18H2,1-2H3,(H,32,34)/t22-,24?,27?,29?/m1/s1. The lowest BCUT2D eigenvalue weighted by atomic mass is 9.57. The molecule has 3 aliphatic rings. The van der Waals surface area contributed by atoms with Gasteiger partial charge in [0.15, 0.2) is 0 Å². The maximum Gasteiger partial charge on any atom is 0.224 e. The van der Waals surface area contributed by atoms with Crippen molar-refractivity contribution in [1.82, 2.24) is 10.2 Å². The minimum absolute atomic E-state index is 0.00125. The molecule has 1 saturated heterocycles. The van der Waals surface area contributed by atoms with E-state index >= 15 is 0 Å². The highest BCUT2D eigenvalue weighted by Gasteiger charge is 2.53. The van der Waals surface area contributed by atoms with Crippen LogP contribution in [-0.2, 0) is 21.4 Å². The number of carbonyl (C=O) groups excluding carboxylic acids is 1. The van der Waals surface area contributed by atoms with Crippen LogP contribution in [0.25, 0.3) is 0 Å². The third kappa shape index (κ3) is 5.55. The van der Waals surface area contributed by atoms with Crippen LogP contribution >= 0.6 is 23.2 Å². The van der Waals surface area contributed by atoms with Crippen molar-refractivity contribution >= 4 is 29.1 Å². The summed E-state index contributed by atoms with van der Waals surface area (Å²) in [6.45, 7) is 3.31. The lowest BCUT2D eigenvalue weighted by Gasteiger charge is -2.55. The zero-order valence-electron chi connectivity index (χ0n) is 21.1. The van der Waals surface area contributed by atoms with E-state index < -0.39 is 0 Å². The van der Waals surface area contributed by atoms with Gasteiger partial charge in [-0.15, -0.1) is 0 Å². The molecule has 0 aromatic heterocycles. The molecule has 0 radical (unpaired) electrons. The van der Waals surface area contributed by atoms with Crippen molar-refractivity contribution < 1.29 is 14.3 Å². The van der Waals surface area contributed by atoms with Crippen molar-refractivity contribution in [3.05, 3.63) is 63.6 Å². The molecule has 2 aromatic carbocycles. The van der Waals surface area contributed by atoms with Gasteiger partial charge in [-0.05, 0) is 80.0 Å². The van der Waals surface area contributed by atoms with Crippen LogP contribution in [0.5, 0.6) is 5.75 Å². The van der Waals surface area contributed by atoms with E-state index in [-0.39, 0.29) is 29.9 Å². The Morgan fingerprint density at radius 2 is 1.97 bits per heavy atom. The number of nitrogens with zero attached hydrogens (tertiary/aromatic N) is 1. The van der Waals surface area contributed by atoms with E-state index in [1.807, 2.05) is 19.2 Å². The summed E-state index contributed by atoms with van der Waals surface area (Å²) in [4.78, 5) is 15.7. The quantitative estimate of drug-likeness (QED) is 0.488. The maximum atomic E-state index is 13.1. The van der Waals surface area contributed by atoms with Gasteiger partial charge in [-0.1, -0.05) is 41.4 Å². The average molecular weight is 532 g/mol. The molecule has 4 atom stereocenters. The second-order valence-corrected chi connectivity index (χ2v) is 11.7. The van der Waals surface area contributed by atoms with Crippen LogP contribution in [0.3, 0.4) is 0 Å². The molecule has 0 spiro atoms. The minimum Gasteiger partial charge on any atom is -0.497 e. The first-order valence-electron chi connectivity index (χ1n) is 13.0. The number of likely N-dealkylation sites (tertiary alicyclic amines) is 1. The second-order valence-electron chi connectivity index (χ2n) is 10.9. The van der Waals surface area contributed by atoms with Crippen LogP contribution in [0.15, 0.2) is 42.5 Å². The van der Waals surface area contributed by atoms with Crippen molar-refractivity contribution in [2.75, 3.05) is 33.9 Å². The predicted molar refractivity (Wildman–Crippen MR) is 144 cm³/mol. The van der Waals surface area contributed by atoms with Gasteiger partial charge >= 0.3 is 0 Å². The summed E-state index contributed by atoms with van der Waals surface area (Å²) in [5.41, 5.74) is 2.08. The molecule has 1 aliphatic heterocycles. The molecule has 1 N–H and O–H groups in total. The van der Waals surface area contributed by atoms with E-state index in [0.29, 0.717) is 16.0 Å². The Hall–Kier alpha value is -1.79. The lowest BCUT2D eigenvalue weighted by Crippen LogP contribution is -2.61. The number of amides is 1. The number of hydrogen-bond acceptors (Lipinski definition) is 4. The Balaban J connectivity index is 1.38. The predicted octanol–water partition coefficient (Wildman–Crippen LogP) is 5.51. The number of nitrogens with one attached hydrogen (secondary N) is 1. The average Bonchev–Trinajstić information content (AvgIpc) is 3.70. The second kappa shape index (κ2) is 10.9. The van der Waals surface area contributed by atoms with Gasteiger partial charge in [-0.2, -0.15) is 0 Å². The fourth-order valence-corrected chi connectivity index (χ4v) is 6.83. The third-order valence-electron chi connectivity index (χ3n) is 8.49. The van der Waals surface area contributed by atoms with Crippen LogP contribution in [0.4, 0.5) is 0 Å². The van der Waals surface area contributed by atoms with Crippen LogP contribution in [0.2, 0.25) is 10.0 Å². The van der Waals surface area contributed by atoms with E-state index in [0.717, 1.165) is 49.6 Å². The number of ether oxygens (including phenoxy) is 2. The number of methoxy groups -OCH3 is 2. The molecule has 2 aromatic rings. The summed E-state index contributed by atoms with van der Waals surface area (Å²) < 4.78 is 11.8. The summed E-state index contributed by atoms with van der Waals surface area (Å²) in [7, 11) is 3.54. The molecule has 5 rings (SSSR count). The Morgan fingerprint density at radius 1 is 1.14 bits per heavy atom. The van der Waals surface area contributed by atoms with Crippen molar-refractivity contribution in [3.8, 4) is 5.75 Å². The first kappa shape index (κ1) is 25.8. The van der Waals surface area contributed by atoms with Gasteiger partial charge < -0.3 is 19.7 Å². The van der Waals surface area contributed by atoms with Gasteiger partial charge in [0, 0.05) is 37.6 Å². The van der Waals surface area contributed by atoms with Gasteiger partial charge in [0.2, 0.25) is 5.91 Å². The number of carbonyl (C=O) groups is 1. The van der Waals surface area contributed by atoms with E-state index in [9.17, 15) is 4.79 Å². The SMILES string of the molecule is COc1cccc(C23CCN(CC4CC4)CC2C(OC)C[C@@H](NC(=O)Cc2ccc(Cl)c(Cl)c2)C3)c1. The third-order valence-corrected chi connectivity index (χ3v) is 9.23. The smallest absolute Gasteiger partial charge is 0.224 e. The number of piperidine rings is 1. The zero-order valence-corrected chi connectivity index (χ0v) is 22.7. The number of hydrogen-bond donors (Lipinski definition) is 1. The topological polar surface area (TPSA) is 50.8 Å². The van der Waals surface area contributed by atoms with Crippen LogP contribution in [0.1, 0.15) is 43.2 Å². The van der Waals surface area contributed by atoms with Crippen LogP contribution < -0.4 is 10.1 Å². The molecule has 0 bridgehead atoms. The van der Waals surface area contributed by atoms with E-state index in [2.05, 4.69) is 28.4 Å². The molecular formula is C29H36Cl2N2O3. The van der Waals surface area contributed by atoms with Gasteiger partial charge in [0.25, 0.3) is 0 Å². The Morgan fingerprint density at radius 3 is 2.69 bits per heavy atom. The molecule has 36 heavy (non-hydrogen) atoms. The van der Waals surface area contributed by atoms with Crippen LogP contribution in [-0.4, -0.2) is 56.8 Å². The number of halogens is 2. The highest BCUT2D eigenvalue weighted by Crippen LogP contribution is 2.51. The monoisotopic (exact) mass is 530 g/mol. The van der Waals surface area contributed by atoms with Crippen molar-refractivity contribution in [1.29, 1.82) is 0 Å². The molecular weight excluding hydrogens is 495 g/mol. The summed E-state index contributed by atoms with van der Waals surface area (Å²) in [6, 6.07) is 13.9. The molecule has 5 nitrogen and oxygen atoms in total. The number of rotatable bonds is 8. The van der Waals surface area contributed by atoms with E-state index in [4.69, 9.17) is 32.7 Å². The first-order valence-corrected chi connectivity index (χ1v) is 13.8. The number of fused-ring (bicyclic) bond motifs is 1. The lowest BCUT2D eigenvalue weighted by molar-refractivity contribution is -0.123. The van der Waals surface area contributed by atoms with E-state index in [1.165, 1.54) is 24.9 Å². The van der Waals surface area contributed by atoms with Crippen molar-refractivity contribution in [3.63, 3.8) is 0 Å². The Bertz CT molecular complexity index is 1090. The minimum atomic E-state index is -0.0744. The molecule has 2 saturated carbocycles. The molecule has 1 heterocycles. The number of benzene rings is 2. The van der Waals surface area contributed by atoms with Crippen LogP contribution in [0, 0.1) is 11.8 Å². The summed E-state index contributed by atoms with van der Waals surface area (Å²) in [5, 5.41) is 4.30. The molecule has 7 heteroatoms. The first-order chi connectivity index (χ1) is 17.4. The van der Waals surface area contributed by atoms with Gasteiger partial charge in [-0.25, -0.2) is 0 Å². The highest BCUT2D eigenvalue weighted by atomic mass is 35.5. The summed E-state index contributed by atoms with van der Waals surface area (Å²) in [5.74, 6) is 2.11. The Labute approximate surface area is 224 Å². The van der Waals surface area contributed by atoms with Gasteiger partial charge in [0.05, 0.1) is 29.7 Å².